The van der Waals surface area contributed by atoms with Gasteiger partial charge in [0.25, 0.3) is 0 Å². The van der Waals surface area contributed by atoms with E-state index in [9.17, 15) is 4.79 Å². The van der Waals surface area contributed by atoms with Crippen LogP contribution in [0.5, 0.6) is 0 Å². The van der Waals surface area contributed by atoms with Gasteiger partial charge in [0.2, 0.25) is 5.91 Å². The van der Waals surface area contributed by atoms with E-state index in [-0.39, 0.29) is 5.91 Å². The standard InChI is InChI=1S/C15H19N3OS2/c1-3-17-15(13(16)19,12-7-5-4-6-8-12)10-21-14-18-11(2)9-20-14/h4-9,17H,3,10H2,1-2H3,(H2,16,19). The number of nitrogens with one attached hydrogen (secondary N) is 1. The maximum atomic E-state index is 12.2. The van der Waals surface area contributed by atoms with Crippen molar-refractivity contribution in [3.63, 3.8) is 0 Å². The SMILES string of the molecule is CCNC(CSc1nc(C)cs1)(C(N)=O)c1ccccc1. The van der Waals surface area contributed by atoms with E-state index in [1.165, 1.54) is 0 Å². The third-order valence-electron chi connectivity index (χ3n) is 3.18. The number of thiazole rings is 1. The topological polar surface area (TPSA) is 68.0 Å². The Balaban J connectivity index is 2.28. The molecule has 4 nitrogen and oxygen atoms in total. The molecule has 1 aromatic carbocycles. The Kier molecular flexibility index (Phi) is 5.39. The first-order valence-electron chi connectivity index (χ1n) is 6.74. The summed E-state index contributed by atoms with van der Waals surface area (Å²) in [5.41, 5.74) is 6.74. The van der Waals surface area contributed by atoms with E-state index in [2.05, 4.69) is 10.3 Å². The zero-order chi connectivity index (χ0) is 15.3. The summed E-state index contributed by atoms with van der Waals surface area (Å²) in [5.74, 6) is 0.156. The van der Waals surface area contributed by atoms with Crippen LogP contribution in [0.15, 0.2) is 40.1 Å². The Morgan fingerprint density at radius 1 is 1.43 bits per heavy atom. The fourth-order valence-electron chi connectivity index (χ4n) is 2.13. The first-order valence-corrected chi connectivity index (χ1v) is 8.60. The lowest BCUT2D eigenvalue weighted by atomic mass is 9.91. The van der Waals surface area contributed by atoms with Gasteiger partial charge in [-0.2, -0.15) is 0 Å². The van der Waals surface area contributed by atoms with Crippen molar-refractivity contribution in [1.29, 1.82) is 0 Å². The third kappa shape index (κ3) is 3.64. The van der Waals surface area contributed by atoms with Gasteiger partial charge in [-0.25, -0.2) is 4.98 Å². The molecule has 3 N–H and O–H groups in total. The van der Waals surface area contributed by atoms with Crippen LogP contribution in [-0.4, -0.2) is 23.2 Å². The van der Waals surface area contributed by atoms with Gasteiger partial charge in [-0.05, 0) is 19.0 Å². The highest BCUT2D eigenvalue weighted by molar-refractivity contribution is 8.01. The molecule has 0 radical (unpaired) electrons. The smallest absolute Gasteiger partial charge is 0.243 e. The molecule has 0 aliphatic rings. The van der Waals surface area contributed by atoms with Crippen LogP contribution < -0.4 is 11.1 Å². The van der Waals surface area contributed by atoms with Crippen molar-refractivity contribution in [2.75, 3.05) is 12.3 Å². The number of aryl methyl sites for hydroxylation is 1. The van der Waals surface area contributed by atoms with Gasteiger partial charge in [0.15, 0.2) is 0 Å². The molecule has 112 valence electrons. The van der Waals surface area contributed by atoms with Crippen molar-refractivity contribution in [2.24, 2.45) is 5.73 Å². The number of carbonyl (C=O) groups is 1. The van der Waals surface area contributed by atoms with Gasteiger partial charge < -0.3 is 5.73 Å². The van der Waals surface area contributed by atoms with E-state index in [0.29, 0.717) is 12.3 Å². The second-order valence-electron chi connectivity index (χ2n) is 4.71. The van der Waals surface area contributed by atoms with Crippen molar-refractivity contribution in [3.05, 3.63) is 47.0 Å². The molecule has 6 heteroatoms. The van der Waals surface area contributed by atoms with Gasteiger partial charge in [0.1, 0.15) is 9.88 Å². The maximum Gasteiger partial charge on any atom is 0.243 e. The van der Waals surface area contributed by atoms with Gasteiger partial charge >= 0.3 is 0 Å². The third-order valence-corrected chi connectivity index (χ3v) is 5.49. The second-order valence-corrected chi connectivity index (χ2v) is 6.79. The molecule has 0 aliphatic heterocycles. The van der Waals surface area contributed by atoms with E-state index in [1.807, 2.05) is 49.6 Å². The highest BCUT2D eigenvalue weighted by Gasteiger charge is 2.38. The molecule has 1 atom stereocenters. The predicted octanol–water partition coefficient (Wildman–Crippen LogP) is 2.53. The Labute approximate surface area is 133 Å². The van der Waals surface area contributed by atoms with Gasteiger partial charge in [-0.1, -0.05) is 49.0 Å². The van der Waals surface area contributed by atoms with Crippen LogP contribution >= 0.6 is 23.1 Å². The first kappa shape index (κ1) is 16.0. The second kappa shape index (κ2) is 7.06. The zero-order valence-corrected chi connectivity index (χ0v) is 13.8. The monoisotopic (exact) mass is 321 g/mol. The van der Waals surface area contributed by atoms with E-state index < -0.39 is 5.54 Å². The average Bonchev–Trinajstić information content (AvgIpc) is 2.90. The Bertz CT molecular complexity index is 600. The molecule has 1 amide bonds. The number of likely N-dealkylation sites (N-methyl/N-ethyl adjacent to an activating group) is 1. The number of hydrogen-bond donors (Lipinski definition) is 2. The zero-order valence-electron chi connectivity index (χ0n) is 12.1. The minimum atomic E-state index is -0.875. The average molecular weight is 321 g/mol. The van der Waals surface area contributed by atoms with Crippen LogP contribution in [0.1, 0.15) is 18.2 Å². The predicted molar refractivity (Wildman–Crippen MR) is 88.6 cm³/mol. The lowest BCUT2D eigenvalue weighted by molar-refractivity contribution is -0.123. The molecule has 21 heavy (non-hydrogen) atoms. The summed E-state index contributed by atoms with van der Waals surface area (Å²) in [5, 5.41) is 5.27. The maximum absolute atomic E-state index is 12.2. The van der Waals surface area contributed by atoms with Gasteiger partial charge in [0, 0.05) is 16.8 Å². The highest BCUT2D eigenvalue weighted by atomic mass is 32.2. The van der Waals surface area contributed by atoms with Crippen LogP contribution in [0.25, 0.3) is 0 Å². The number of hydrogen-bond acceptors (Lipinski definition) is 5. The molecule has 0 spiro atoms. The molecule has 0 bridgehead atoms. The number of thioether (sulfide) groups is 1. The summed E-state index contributed by atoms with van der Waals surface area (Å²) in [7, 11) is 0. The molecular weight excluding hydrogens is 302 g/mol. The summed E-state index contributed by atoms with van der Waals surface area (Å²) < 4.78 is 0.951. The van der Waals surface area contributed by atoms with Crippen molar-refractivity contribution >= 4 is 29.0 Å². The molecule has 1 unspecified atom stereocenters. The first-order chi connectivity index (χ1) is 10.1. The molecule has 0 saturated carbocycles. The van der Waals surface area contributed by atoms with E-state index in [0.717, 1.165) is 15.6 Å². The minimum Gasteiger partial charge on any atom is -0.368 e. The number of carbonyl (C=O) groups excluding carboxylic acids is 1. The number of nitrogens with zero attached hydrogens (tertiary/aromatic N) is 1. The van der Waals surface area contributed by atoms with Crippen LogP contribution in [0.4, 0.5) is 0 Å². The molecule has 1 heterocycles. The van der Waals surface area contributed by atoms with Crippen molar-refractivity contribution < 1.29 is 4.79 Å². The summed E-state index contributed by atoms with van der Waals surface area (Å²) in [6, 6.07) is 9.63. The largest absolute Gasteiger partial charge is 0.368 e. The van der Waals surface area contributed by atoms with Crippen molar-refractivity contribution in [3.8, 4) is 0 Å². The molecule has 0 saturated heterocycles. The molecule has 0 fully saturated rings. The van der Waals surface area contributed by atoms with Gasteiger partial charge in [-0.3, -0.25) is 10.1 Å². The summed E-state index contributed by atoms with van der Waals surface area (Å²) in [6.45, 7) is 4.59. The molecule has 2 aromatic rings. The van der Waals surface area contributed by atoms with Crippen molar-refractivity contribution in [2.45, 2.75) is 23.7 Å². The van der Waals surface area contributed by atoms with Crippen LogP contribution in [-0.2, 0) is 10.3 Å². The normalized spacial score (nSPS) is 13.8. The van der Waals surface area contributed by atoms with Crippen LogP contribution in [0.2, 0.25) is 0 Å². The summed E-state index contributed by atoms with van der Waals surface area (Å²) >= 11 is 3.14. The molecular formula is C15H19N3OS2. The summed E-state index contributed by atoms with van der Waals surface area (Å²) in [6.07, 6.45) is 0. The fourth-order valence-corrected chi connectivity index (χ4v) is 4.20. The Morgan fingerprint density at radius 3 is 2.67 bits per heavy atom. The highest BCUT2D eigenvalue weighted by Crippen LogP contribution is 2.31. The van der Waals surface area contributed by atoms with Gasteiger partial charge in [-0.15, -0.1) is 11.3 Å². The minimum absolute atomic E-state index is 0.365. The molecule has 0 aliphatic carbocycles. The van der Waals surface area contributed by atoms with E-state index >= 15 is 0 Å². The Morgan fingerprint density at radius 2 is 2.14 bits per heavy atom. The van der Waals surface area contributed by atoms with Gasteiger partial charge in [0.05, 0.1) is 0 Å². The number of nitrogens with two attached hydrogens (primary N) is 1. The number of amides is 1. The molecule has 2 rings (SSSR count). The number of primary amides is 1. The van der Waals surface area contributed by atoms with E-state index in [1.54, 1.807) is 23.1 Å². The Hall–Kier alpha value is -1.37. The van der Waals surface area contributed by atoms with Crippen molar-refractivity contribution in [1.82, 2.24) is 10.3 Å². The lowest BCUT2D eigenvalue weighted by Crippen LogP contribution is -2.54. The van der Waals surface area contributed by atoms with Crippen LogP contribution in [0, 0.1) is 6.92 Å². The molecule has 1 aromatic heterocycles. The fraction of sp³-hybridized carbons (Fsp3) is 0.333. The lowest BCUT2D eigenvalue weighted by Gasteiger charge is -2.31. The quantitative estimate of drug-likeness (QED) is 0.769. The number of benzene rings is 1. The van der Waals surface area contributed by atoms with Crippen LogP contribution in [0.3, 0.4) is 0 Å². The van der Waals surface area contributed by atoms with E-state index in [4.69, 9.17) is 5.73 Å². The summed E-state index contributed by atoms with van der Waals surface area (Å²) in [4.78, 5) is 16.6. The number of aromatic nitrogens is 1. The number of rotatable bonds is 7.